The van der Waals surface area contributed by atoms with Crippen LogP contribution < -0.4 is 10.7 Å². The van der Waals surface area contributed by atoms with Gasteiger partial charge in [-0.25, -0.2) is 0 Å². The van der Waals surface area contributed by atoms with Crippen molar-refractivity contribution >= 4 is 28.7 Å². The van der Waals surface area contributed by atoms with Crippen LogP contribution in [0, 0.1) is 0 Å². The highest BCUT2D eigenvalue weighted by Gasteiger charge is 2.31. The molecule has 1 aromatic heterocycles. The zero-order chi connectivity index (χ0) is 15.6. The molecule has 0 spiro atoms. The number of hydrogen-bond acceptors (Lipinski definition) is 5. The number of hydrazone groups is 1. The van der Waals surface area contributed by atoms with Crippen LogP contribution in [0.2, 0.25) is 0 Å². The number of aromatic nitrogens is 1. The molecule has 1 aromatic rings. The third-order valence-electron chi connectivity index (χ3n) is 4.92. The lowest BCUT2D eigenvalue weighted by atomic mass is 10.1. The van der Waals surface area contributed by atoms with Crippen LogP contribution in [-0.4, -0.2) is 64.4 Å². The third kappa shape index (κ3) is 3.03. The maximum Gasteiger partial charge on any atom is 0.189 e. The Morgan fingerprint density at radius 1 is 1.39 bits per heavy atom. The van der Waals surface area contributed by atoms with Gasteiger partial charge in [-0.15, -0.1) is 0 Å². The molecular formula is C16H22N6S. The number of pyridine rings is 1. The number of nitrogens with one attached hydrogen (secondary N) is 2. The smallest absolute Gasteiger partial charge is 0.189 e. The average Bonchev–Trinajstić information content (AvgIpc) is 3.07. The molecule has 2 N–H and O–H groups in total. The van der Waals surface area contributed by atoms with Crippen molar-refractivity contribution in [2.45, 2.75) is 25.3 Å². The summed E-state index contributed by atoms with van der Waals surface area (Å²) in [5.74, 6) is 0. The van der Waals surface area contributed by atoms with Gasteiger partial charge in [0, 0.05) is 44.8 Å². The molecule has 7 heteroatoms. The van der Waals surface area contributed by atoms with Crippen LogP contribution in [-0.2, 0) is 0 Å². The fourth-order valence-electron chi connectivity index (χ4n) is 3.68. The molecule has 6 nitrogen and oxygen atoms in total. The van der Waals surface area contributed by atoms with Crippen LogP contribution in [0.15, 0.2) is 23.4 Å². The second-order valence-electron chi connectivity index (χ2n) is 6.33. The monoisotopic (exact) mass is 330 g/mol. The fourth-order valence-corrected chi connectivity index (χ4v) is 3.89. The van der Waals surface area contributed by atoms with Gasteiger partial charge in [0.05, 0.1) is 11.4 Å². The van der Waals surface area contributed by atoms with Gasteiger partial charge in [-0.1, -0.05) is 0 Å². The van der Waals surface area contributed by atoms with Crippen LogP contribution in [0.5, 0.6) is 0 Å². The number of anilines is 1. The molecule has 0 aliphatic carbocycles. The maximum absolute atomic E-state index is 5.55. The van der Waals surface area contributed by atoms with Crippen molar-refractivity contribution in [2.75, 3.05) is 38.0 Å². The van der Waals surface area contributed by atoms with Gasteiger partial charge < -0.3 is 10.2 Å². The summed E-state index contributed by atoms with van der Waals surface area (Å²) in [7, 11) is 0. The predicted molar refractivity (Wildman–Crippen MR) is 95.8 cm³/mol. The van der Waals surface area contributed by atoms with Crippen LogP contribution in [0.1, 0.15) is 25.0 Å². The van der Waals surface area contributed by atoms with Gasteiger partial charge >= 0.3 is 0 Å². The quantitative estimate of drug-likeness (QED) is 0.597. The summed E-state index contributed by atoms with van der Waals surface area (Å²) < 4.78 is 0. The largest absolute Gasteiger partial charge is 0.383 e. The number of fused-ring (bicyclic) bond motifs is 2. The van der Waals surface area contributed by atoms with Crippen molar-refractivity contribution in [2.24, 2.45) is 5.10 Å². The first-order valence-electron chi connectivity index (χ1n) is 8.36. The lowest BCUT2D eigenvalue weighted by molar-refractivity contribution is 0.151. The molecule has 2 fully saturated rings. The predicted octanol–water partition coefficient (Wildman–Crippen LogP) is 1.26. The van der Waals surface area contributed by atoms with E-state index in [-0.39, 0.29) is 0 Å². The van der Waals surface area contributed by atoms with Crippen LogP contribution in [0.25, 0.3) is 0 Å². The zero-order valence-corrected chi connectivity index (χ0v) is 14.0. The van der Waals surface area contributed by atoms with Gasteiger partial charge in [-0.2, -0.15) is 5.10 Å². The third-order valence-corrected chi connectivity index (χ3v) is 5.27. The van der Waals surface area contributed by atoms with Crippen molar-refractivity contribution in [3.63, 3.8) is 0 Å². The van der Waals surface area contributed by atoms with E-state index in [0.717, 1.165) is 54.8 Å². The summed E-state index contributed by atoms with van der Waals surface area (Å²) in [6, 6.07) is 4.64. The van der Waals surface area contributed by atoms with Gasteiger partial charge in [-0.05, 0) is 43.7 Å². The van der Waals surface area contributed by atoms with Crippen LogP contribution in [0.3, 0.4) is 0 Å². The molecule has 4 rings (SSSR count). The molecule has 3 aliphatic rings. The minimum Gasteiger partial charge on any atom is -0.383 e. The summed E-state index contributed by atoms with van der Waals surface area (Å²) in [6.45, 7) is 5.25. The van der Waals surface area contributed by atoms with Gasteiger partial charge in [0.15, 0.2) is 5.11 Å². The van der Waals surface area contributed by atoms with E-state index in [9.17, 15) is 0 Å². The summed E-state index contributed by atoms with van der Waals surface area (Å²) >= 11 is 5.55. The van der Waals surface area contributed by atoms with E-state index in [4.69, 9.17) is 12.2 Å². The minimum atomic E-state index is 0.664. The highest BCUT2D eigenvalue weighted by atomic mass is 32.1. The molecule has 2 saturated heterocycles. The highest BCUT2D eigenvalue weighted by Crippen LogP contribution is 2.22. The molecule has 0 amide bonds. The molecule has 122 valence electrons. The fraction of sp³-hybridized carbons (Fsp3) is 0.562. The topological polar surface area (TPSA) is 55.8 Å². The molecule has 0 bridgehead atoms. The molecule has 1 unspecified atom stereocenters. The first-order valence-corrected chi connectivity index (χ1v) is 8.77. The van der Waals surface area contributed by atoms with Crippen LogP contribution >= 0.6 is 12.2 Å². The summed E-state index contributed by atoms with van der Waals surface area (Å²) in [4.78, 5) is 9.28. The van der Waals surface area contributed by atoms with Crippen molar-refractivity contribution in [1.82, 2.24) is 20.2 Å². The maximum atomic E-state index is 5.55. The second-order valence-corrected chi connectivity index (χ2v) is 6.72. The standard InChI is InChI=1S/C16H22N6S/c23-16(22-10-9-21-8-2-3-12(21)11-22)20-19-14-5-7-17-13-4-1-6-18-15(13)14/h1,4,6,12,17H,2-3,5,7-11H2,(H,20,23)/b19-14-. The first-order chi connectivity index (χ1) is 11.3. The summed E-state index contributed by atoms with van der Waals surface area (Å²) in [5.41, 5.74) is 6.05. The van der Waals surface area contributed by atoms with Crippen molar-refractivity contribution in [1.29, 1.82) is 0 Å². The van der Waals surface area contributed by atoms with E-state index in [2.05, 4.69) is 30.6 Å². The Balaban J connectivity index is 1.42. The summed E-state index contributed by atoms with van der Waals surface area (Å²) in [6.07, 6.45) is 5.27. The van der Waals surface area contributed by atoms with Gasteiger partial charge in [0.2, 0.25) is 0 Å². The summed E-state index contributed by atoms with van der Waals surface area (Å²) in [5, 5.41) is 8.64. The normalized spacial score (nSPS) is 25.7. The highest BCUT2D eigenvalue weighted by molar-refractivity contribution is 7.80. The van der Waals surface area contributed by atoms with Crippen molar-refractivity contribution < 1.29 is 0 Å². The van der Waals surface area contributed by atoms with E-state index in [0.29, 0.717) is 6.04 Å². The number of hydrogen-bond donors (Lipinski definition) is 2. The zero-order valence-electron chi connectivity index (χ0n) is 13.2. The first kappa shape index (κ1) is 14.8. The molecule has 1 atom stereocenters. The number of thiocarbonyl (C=S) groups is 1. The number of rotatable bonds is 1. The Labute approximate surface area is 141 Å². The molecule has 4 heterocycles. The Hall–Kier alpha value is -1.73. The Morgan fingerprint density at radius 3 is 3.30 bits per heavy atom. The molecule has 0 aromatic carbocycles. The number of nitrogens with zero attached hydrogens (tertiary/aromatic N) is 4. The second kappa shape index (κ2) is 6.41. The Bertz CT molecular complexity index is 631. The average molecular weight is 330 g/mol. The van der Waals surface area contributed by atoms with E-state index in [1.54, 1.807) is 6.20 Å². The SMILES string of the molecule is S=C(N/N=C1/CCNc2cccnc21)N1CCN2CCCC2C1. The van der Waals surface area contributed by atoms with Crippen molar-refractivity contribution in [3.05, 3.63) is 24.0 Å². The Kier molecular flexibility index (Phi) is 4.13. The molecular weight excluding hydrogens is 308 g/mol. The minimum absolute atomic E-state index is 0.664. The van der Waals surface area contributed by atoms with E-state index in [1.165, 1.54) is 19.4 Å². The van der Waals surface area contributed by atoms with Crippen molar-refractivity contribution in [3.8, 4) is 0 Å². The van der Waals surface area contributed by atoms with Crippen LogP contribution in [0.4, 0.5) is 5.69 Å². The molecule has 0 saturated carbocycles. The lowest BCUT2D eigenvalue weighted by Gasteiger charge is -2.38. The Morgan fingerprint density at radius 2 is 2.35 bits per heavy atom. The van der Waals surface area contributed by atoms with E-state index >= 15 is 0 Å². The van der Waals surface area contributed by atoms with Gasteiger partial charge in [0.1, 0.15) is 5.69 Å². The molecule has 23 heavy (non-hydrogen) atoms. The molecule has 0 radical (unpaired) electrons. The van der Waals surface area contributed by atoms with E-state index in [1.807, 2.05) is 12.1 Å². The van der Waals surface area contributed by atoms with Gasteiger partial charge in [0.25, 0.3) is 0 Å². The van der Waals surface area contributed by atoms with E-state index < -0.39 is 0 Å². The lowest BCUT2D eigenvalue weighted by Crippen LogP contribution is -2.53. The number of piperazine rings is 1. The molecule has 3 aliphatic heterocycles. The van der Waals surface area contributed by atoms with Gasteiger partial charge in [-0.3, -0.25) is 15.3 Å².